The summed E-state index contributed by atoms with van der Waals surface area (Å²) >= 11 is 0. The van der Waals surface area contributed by atoms with Gasteiger partial charge in [-0.05, 0) is 31.2 Å². The summed E-state index contributed by atoms with van der Waals surface area (Å²) in [5.41, 5.74) is 0.747. The highest BCUT2D eigenvalue weighted by molar-refractivity contribution is 7.89. The highest BCUT2D eigenvalue weighted by Crippen LogP contribution is 2.36. The van der Waals surface area contributed by atoms with E-state index in [1.54, 1.807) is 24.3 Å². The maximum Gasteiger partial charge on any atom is 0.305 e. The van der Waals surface area contributed by atoms with Gasteiger partial charge in [0.25, 0.3) is 0 Å². The first kappa shape index (κ1) is 22.6. The number of amides is 1. The summed E-state index contributed by atoms with van der Waals surface area (Å²) in [7, 11) is -2.71. The van der Waals surface area contributed by atoms with Crippen molar-refractivity contribution >= 4 is 27.6 Å². The number of carbonyl (C=O) groups excluding carboxylic acids is 1. The standard InChI is InChI=1S/C21H24N2O7S/c1-13-12-23(14(2)24)18-10-15(8-9-20(18)30-13)31(27,28)22-17(11-21(25)26)16-6-4-5-7-19(16)29-3/h4-10,13,17,22H,11-12H2,1-3H3,(H,25,26)/t13-,17-/m0/s1. The van der Waals surface area contributed by atoms with E-state index in [0.717, 1.165) is 0 Å². The summed E-state index contributed by atoms with van der Waals surface area (Å²) in [6.45, 7) is 3.50. The van der Waals surface area contributed by atoms with Crippen LogP contribution in [0.25, 0.3) is 0 Å². The third-order valence-electron chi connectivity index (χ3n) is 4.87. The third kappa shape index (κ3) is 4.97. The van der Waals surface area contributed by atoms with Crippen molar-refractivity contribution in [2.75, 3.05) is 18.6 Å². The first-order chi connectivity index (χ1) is 14.6. The zero-order chi connectivity index (χ0) is 22.8. The number of methoxy groups -OCH3 is 1. The Kier molecular flexibility index (Phi) is 6.51. The van der Waals surface area contributed by atoms with Gasteiger partial charge in [0, 0.05) is 12.5 Å². The minimum atomic E-state index is -4.14. The lowest BCUT2D eigenvalue weighted by Crippen LogP contribution is -2.41. The van der Waals surface area contributed by atoms with E-state index in [1.807, 2.05) is 6.92 Å². The smallest absolute Gasteiger partial charge is 0.305 e. The molecule has 0 radical (unpaired) electrons. The molecule has 0 fully saturated rings. The fraction of sp³-hybridized carbons (Fsp3) is 0.333. The molecule has 0 unspecified atom stereocenters. The van der Waals surface area contributed by atoms with Crippen molar-refractivity contribution in [1.29, 1.82) is 0 Å². The molecule has 2 N–H and O–H groups in total. The van der Waals surface area contributed by atoms with Gasteiger partial charge in [0.15, 0.2) is 0 Å². The van der Waals surface area contributed by atoms with E-state index in [1.165, 1.54) is 37.1 Å². The van der Waals surface area contributed by atoms with Crippen molar-refractivity contribution in [2.24, 2.45) is 0 Å². The predicted octanol–water partition coefficient (Wildman–Crippen LogP) is 2.32. The minimum absolute atomic E-state index is 0.110. The van der Waals surface area contributed by atoms with Gasteiger partial charge in [-0.25, -0.2) is 13.1 Å². The lowest BCUT2D eigenvalue weighted by molar-refractivity contribution is -0.137. The number of hydrogen-bond acceptors (Lipinski definition) is 6. The summed E-state index contributed by atoms with van der Waals surface area (Å²) in [6.07, 6.45) is -0.715. The van der Waals surface area contributed by atoms with Gasteiger partial charge in [-0.2, -0.15) is 0 Å². The predicted molar refractivity (Wildman–Crippen MR) is 113 cm³/mol. The number of carboxylic acid groups (broad SMARTS) is 1. The van der Waals surface area contributed by atoms with E-state index >= 15 is 0 Å². The second-order valence-electron chi connectivity index (χ2n) is 7.20. The van der Waals surface area contributed by atoms with Crippen molar-refractivity contribution in [3.8, 4) is 11.5 Å². The molecule has 0 saturated carbocycles. The van der Waals surface area contributed by atoms with Crippen molar-refractivity contribution in [1.82, 2.24) is 4.72 Å². The Bertz CT molecular complexity index is 1100. The first-order valence-electron chi connectivity index (χ1n) is 9.58. The quantitative estimate of drug-likeness (QED) is 0.666. The van der Waals surface area contributed by atoms with Crippen molar-refractivity contribution in [2.45, 2.75) is 37.3 Å². The summed E-state index contributed by atoms with van der Waals surface area (Å²) in [5.74, 6) is -0.641. The number of para-hydroxylation sites is 1. The Hall–Kier alpha value is -3.11. The number of ether oxygens (including phenoxy) is 2. The average Bonchev–Trinajstić information content (AvgIpc) is 2.71. The van der Waals surface area contributed by atoms with E-state index in [-0.39, 0.29) is 16.9 Å². The van der Waals surface area contributed by atoms with Crippen LogP contribution in [0.5, 0.6) is 11.5 Å². The molecular formula is C21H24N2O7S. The van der Waals surface area contributed by atoms with E-state index in [4.69, 9.17) is 9.47 Å². The van der Waals surface area contributed by atoms with Crippen LogP contribution in [0.3, 0.4) is 0 Å². The fourth-order valence-corrected chi connectivity index (χ4v) is 4.72. The van der Waals surface area contributed by atoms with Crippen molar-refractivity contribution in [3.05, 3.63) is 48.0 Å². The van der Waals surface area contributed by atoms with Crippen molar-refractivity contribution in [3.63, 3.8) is 0 Å². The monoisotopic (exact) mass is 448 g/mol. The SMILES string of the molecule is COc1ccccc1[C@H](CC(=O)O)NS(=O)(=O)c1ccc2c(c1)N(C(C)=O)C[C@H](C)O2. The van der Waals surface area contributed by atoms with Crippen LogP contribution < -0.4 is 19.1 Å². The number of benzene rings is 2. The maximum atomic E-state index is 13.1. The second kappa shape index (κ2) is 8.94. The van der Waals surface area contributed by atoms with Gasteiger partial charge in [0.1, 0.15) is 17.6 Å². The van der Waals surface area contributed by atoms with E-state index in [9.17, 15) is 23.1 Å². The van der Waals surface area contributed by atoms with Gasteiger partial charge in [-0.15, -0.1) is 0 Å². The number of carbonyl (C=O) groups is 2. The Morgan fingerprint density at radius 2 is 2.00 bits per heavy atom. The number of rotatable bonds is 7. The Morgan fingerprint density at radius 1 is 1.29 bits per heavy atom. The maximum absolute atomic E-state index is 13.1. The topological polar surface area (TPSA) is 122 Å². The molecule has 0 spiro atoms. The number of aliphatic carboxylic acids is 1. The third-order valence-corrected chi connectivity index (χ3v) is 6.34. The second-order valence-corrected chi connectivity index (χ2v) is 8.92. The number of anilines is 1. The van der Waals surface area contributed by atoms with Gasteiger partial charge in [0.05, 0.1) is 36.7 Å². The molecule has 2 aromatic rings. The van der Waals surface area contributed by atoms with E-state index in [0.29, 0.717) is 29.3 Å². The number of nitrogens with zero attached hydrogens (tertiary/aromatic N) is 1. The van der Waals surface area contributed by atoms with Crippen LogP contribution in [-0.4, -0.2) is 45.2 Å². The van der Waals surface area contributed by atoms with Gasteiger partial charge < -0.3 is 19.5 Å². The summed E-state index contributed by atoms with van der Waals surface area (Å²) in [6, 6.07) is 9.75. The molecule has 10 heteroatoms. The number of nitrogens with one attached hydrogen (secondary N) is 1. The molecule has 0 bridgehead atoms. The molecule has 1 amide bonds. The Balaban J connectivity index is 1.99. The Labute approximate surface area is 180 Å². The average molecular weight is 448 g/mol. The molecule has 31 heavy (non-hydrogen) atoms. The van der Waals surface area contributed by atoms with Gasteiger partial charge >= 0.3 is 5.97 Å². The van der Waals surface area contributed by atoms with Gasteiger partial charge in [0.2, 0.25) is 15.9 Å². The number of sulfonamides is 1. The number of hydrogen-bond donors (Lipinski definition) is 2. The number of carboxylic acids is 1. The normalized spacial score (nSPS) is 16.7. The number of fused-ring (bicyclic) bond motifs is 1. The van der Waals surface area contributed by atoms with E-state index in [2.05, 4.69) is 4.72 Å². The molecule has 166 valence electrons. The van der Waals surface area contributed by atoms with Crippen LogP contribution >= 0.6 is 0 Å². The molecule has 2 atom stereocenters. The molecule has 9 nitrogen and oxygen atoms in total. The lowest BCUT2D eigenvalue weighted by atomic mass is 10.0. The van der Waals surface area contributed by atoms with Gasteiger partial charge in [-0.1, -0.05) is 18.2 Å². The van der Waals surface area contributed by atoms with Crippen LogP contribution in [0, 0.1) is 0 Å². The van der Waals surface area contributed by atoms with Crippen molar-refractivity contribution < 1.29 is 32.6 Å². The van der Waals surface area contributed by atoms with Crippen LogP contribution in [0.2, 0.25) is 0 Å². The zero-order valence-electron chi connectivity index (χ0n) is 17.4. The highest BCUT2D eigenvalue weighted by atomic mass is 32.2. The molecule has 1 aliphatic rings. The molecule has 0 aromatic heterocycles. The van der Waals surface area contributed by atoms with E-state index < -0.39 is 28.5 Å². The highest BCUT2D eigenvalue weighted by Gasteiger charge is 2.30. The molecule has 1 aliphatic heterocycles. The lowest BCUT2D eigenvalue weighted by Gasteiger charge is -2.33. The molecular weight excluding hydrogens is 424 g/mol. The van der Waals surface area contributed by atoms with Crippen LogP contribution in [-0.2, 0) is 19.6 Å². The molecule has 0 aliphatic carbocycles. The molecule has 1 heterocycles. The molecule has 0 saturated heterocycles. The summed E-state index contributed by atoms with van der Waals surface area (Å²) < 4.78 is 39.7. The summed E-state index contributed by atoms with van der Waals surface area (Å²) in [5, 5.41) is 9.32. The molecule has 2 aromatic carbocycles. The van der Waals surface area contributed by atoms with Crippen LogP contribution in [0.15, 0.2) is 47.4 Å². The Morgan fingerprint density at radius 3 is 2.65 bits per heavy atom. The molecule has 3 rings (SSSR count). The van der Waals surface area contributed by atoms with Crippen LogP contribution in [0.1, 0.15) is 31.9 Å². The van der Waals surface area contributed by atoms with Crippen LogP contribution in [0.4, 0.5) is 5.69 Å². The summed E-state index contributed by atoms with van der Waals surface area (Å²) in [4.78, 5) is 24.8. The van der Waals surface area contributed by atoms with Gasteiger partial charge in [-0.3, -0.25) is 9.59 Å². The first-order valence-corrected chi connectivity index (χ1v) is 11.1. The minimum Gasteiger partial charge on any atom is -0.496 e. The largest absolute Gasteiger partial charge is 0.496 e. The zero-order valence-corrected chi connectivity index (χ0v) is 18.2. The fourth-order valence-electron chi connectivity index (χ4n) is 3.48.